The van der Waals surface area contributed by atoms with Gasteiger partial charge in [-0.15, -0.1) is 0 Å². The first-order valence-electron chi connectivity index (χ1n) is 11.2. The quantitative estimate of drug-likeness (QED) is 0.179. The minimum atomic E-state index is -1.02. The first-order valence-corrected chi connectivity index (χ1v) is 11.2. The van der Waals surface area contributed by atoms with Crippen molar-refractivity contribution in [3.8, 4) is 5.75 Å². The SMILES string of the molecule is CC(=Cc1ccc(C(=O)Oc2ccc(C(=N)N)cc2)cc1)C(=O)N(CC(=O)O)C1CCCCC1. The molecule has 1 aliphatic carbocycles. The first-order chi connectivity index (χ1) is 16.2. The number of amides is 1. The van der Waals surface area contributed by atoms with Crippen LogP contribution in [-0.4, -0.2) is 46.3 Å². The summed E-state index contributed by atoms with van der Waals surface area (Å²) in [7, 11) is 0. The van der Waals surface area contributed by atoms with Crippen molar-refractivity contribution in [2.75, 3.05) is 6.54 Å². The summed E-state index contributed by atoms with van der Waals surface area (Å²) in [5.74, 6) is -1.58. The molecule has 2 aromatic carbocycles. The highest BCUT2D eigenvalue weighted by atomic mass is 16.5. The Morgan fingerprint density at radius 2 is 1.62 bits per heavy atom. The molecule has 34 heavy (non-hydrogen) atoms. The van der Waals surface area contributed by atoms with Crippen molar-refractivity contribution in [2.24, 2.45) is 5.73 Å². The van der Waals surface area contributed by atoms with Gasteiger partial charge in [0.15, 0.2) is 0 Å². The van der Waals surface area contributed by atoms with Crippen molar-refractivity contribution in [1.29, 1.82) is 5.41 Å². The lowest BCUT2D eigenvalue weighted by atomic mass is 9.93. The summed E-state index contributed by atoms with van der Waals surface area (Å²) in [5, 5.41) is 16.7. The van der Waals surface area contributed by atoms with Crippen LogP contribution in [0.2, 0.25) is 0 Å². The molecule has 0 atom stereocenters. The molecule has 0 unspecified atom stereocenters. The van der Waals surface area contributed by atoms with Crippen LogP contribution in [-0.2, 0) is 9.59 Å². The molecule has 0 aromatic heterocycles. The predicted octanol–water partition coefficient (Wildman–Crippen LogP) is 3.84. The standard InChI is InChI=1S/C26H29N3O5/c1-17(25(32)29(16-23(30)31)21-5-3-2-4-6-21)15-18-7-9-20(10-8-18)26(33)34-22-13-11-19(12-14-22)24(27)28/h7-15,21H,2-6,16H2,1H3,(H3,27,28)(H,30,31). The van der Waals surface area contributed by atoms with Gasteiger partial charge in [0.05, 0.1) is 5.56 Å². The predicted molar refractivity (Wildman–Crippen MR) is 129 cm³/mol. The second kappa shape index (κ2) is 11.3. The maximum atomic E-state index is 13.0. The van der Waals surface area contributed by atoms with Crippen molar-refractivity contribution >= 4 is 29.8 Å². The minimum Gasteiger partial charge on any atom is -0.480 e. The van der Waals surface area contributed by atoms with Gasteiger partial charge in [-0.05, 0) is 67.8 Å². The Kier molecular flexibility index (Phi) is 8.19. The Bertz CT molecular complexity index is 1080. The van der Waals surface area contributed by atoms with Crippen molar-refractivity contribution < 1.29 is 24.2 Å². The third kappa shape index (κ3) is 6.54. The highest BCUT2D eigenvalue weighted by molar-refractivity contribution is 5.99. The highest BCUT2D eigenvalue weighted by Crippen LogP contribution is 2.24. The molecule has 0 saturated heterocycles. The Balaban J connectivity index is 1.68. The number of carbonyl (C=O) groups is 3. The lowest BCUT2D eigenvalue weighted by Gasteiger charge is -2.33. The second-order valence-electron chi connectivity index (χ2n) is 8.40. The number of nitrogens with one attached hydrogen (secondary N) is 1. The number of carboxylic acids is 1. The number of hydrogen-bond donors (Lipinski definition) is 3. The summed E-state index contributed by atoms with van der Waals surface area (Å²) in [5.41, 5.74) is 7.45. The van der Waals surface area contributed by atoms with E-state index in [9.17, 15) is 19.5 Å². The van der Waals surface area contributed by atoms with Gasteiger partial charge in [0.1, 0.15) is 18.1 Å². The molecule has 4 N–H and O–H groups in total. The summed E-state index contributed by atoms with van der Waals surface area (Å²) in [6, 6.07) is 12.9. The maximum Gasteiger partial charge on any atom is 0.343 e. The second-order valence-corrected chi connectivity index (χ2v) is 8.40. The van der Waals surface area contributed by atoms with E-state index in [0.29, 0.717) is 28.0 Å². The fourth-order valence-electron chi connectivity index (χ4n) is 4.03. The summed E-state index contributed by atoms with van der Waals surface area (Å²) >= 11 is 0. The number of nitrogens with zero attached hydrogens (tertiary/aromatic N) is 1. The molecule has 0 spiro atoms. The Labute approximate surface area is 198 Å². The van der Waals surface area contributed by atoms with E-state index in [1.54, 1.807) is 61.5 Å². The summed E-state index contributed by atoms with van der Waals surface area (Å²) in [6.07, 6.45) is 6.43. The molecule has 1 amide bonds. The number of carboxylic acid groups (broad SMARTS) is 1. The van der Waals surface area contributed by atoms with E-state index in [-0.39, 0.29) is 24.3 Å². The maximum absolute atomic E-state index is 13.0. The van der Waals surface area contributed by atoms with Gasteiger partial charge in [0, 0.05) is 17.2 Å². The van der Waals surface area contributed by atoms with Gasteiger partial charge in [-0.2, -0.15) is 0 Å². The Hall–Kier alpha value is -3.94. The number of aliphatic carboxylic acids is 1. The molecule has 3 rings (SSSR count). The molecule has 1 saturated carbocycles. The minimum absolute atomic E-state index is 0.0534. The van der Waals surface area contributed by atoms with Crippen LogP contribution in [0.15, 0.2) is 54.1 Å². The molecule has 1 fully saturated rings. The molecule has 0 heterocycles. The van der Waals surface area contributed by atoms with Gasteiger partial charge in [0.25, 0.3) is 0 Å². The Morgan fingerprint density at radius 3 is 2.18 bits per heavy atom. The summed E-state index contributed by atoms with van der Waals surface area (Å²) in [4.78, 5) is 38.3. The van der Waals surface area contributed by atoms with Crippen molar-refractivity contribution in [2.45, 2.75) is 45.1 Å². The fraction of sp³-hybridized carbons (Fsp3) is 0.308. The van der Waals surface area contributed by atoms with Crippen LogP contribution in [0.3, 0.4) is 0 Å². The molecule has 178 valence electrons. The van der Waals surface area contributed by atoms with Gasteiger partial charge < -0.3 is 20.5 Å². The van der Waals surface area contributed by atoms with E-state index in [0.717, 1.165) is 32.1 Å². The molecule has 8 heteroatoms. The molecular formula is C26H29N3O5. The van der Waals surface area contributed by atoms with Crippen LogP contribution in [0.4, 0.5) is 0 Å². The third-order valence-corrected chi connectivity index (χ3v) is 5.82. The smallest absolute Gasteiger partial charge is 0.343 e. The molecular weight excluding hydrogens is 434 g/mol. The average molecular weight is 464 g/mol. The van der Waals surface area contributed by atoms with Crippen molar-refractivity contribution in [1.82, 2.24) is 4.90 Å². The molecule has 2 aromatic rings. The Morgan fingerprint density at radius 1 is 1.03 bits per heavy atom. The van der Waals surface area contributed by atoms with Gasteiger partial charge in [-0.1, -0.05) is 31.4 Å². The monoisotopic (exact) mass is 463 g/mol. The van der Waals surface area contributed by atoms with E-state index in [1.165, 1.54) is 4.90 Å². The van der Waals surface area contributed by atoms with Crippen LogP contribution >= 0.6 is 0 Å². The van der Waals surface area contributed by atoms with E-state index in [4.69, 9.17) is 15.9 Å². The number of hydrogen-bond acceptors (Lipinski definition) is 5. The van der Waals surface area contributed by atoms with Crippen molar-refractivity contribution in [3.05, 3.63) is 70.8 Å². The van der Waals surface area contributed by atoms with E-state index < -0.39 is 11.9 Å². The molecule has 0 bridgehead atoms. The van der Waals surface area contributed by atoms with Crippen LogP contribution in [0, 0.1) is 5.41 Å². The van der Waals surface area contributed by atoms with Crippen LogP contribution < -0.4 is 10.5 Å². The van der Waals surface area contributed by atoms with Crippen LogP contribution in [0.25, 0.3) is 6.08 Å². The molecule has 1 aliphatic rings. The van der Waals surface area contributed by atoms with Gasteiger partial charge >= 0.3 is 11.9 Å². The first kappa shape index (κ1) is 24.7. The lowest BCUT2D eigenvalue weighted by molar-refractivity contribution is -0.145. The lowest BCUT2D eigenvalue weighted by Crippen LogP contribution is -2.44. The number of rotatable bonds is 8. The van der Waals surface area contributed by atoms with Crippen molar-refractivity contribution in [3.63, 3.8) is 0 Å². The fourth-order valence-corrected chi connectivity index (χ4v) is 4.03. The topological polar surface area (TPSA) is 134 Å². The number of amidine groups is 1. The van der Waals surface area contributed by atoms with E-state index in [1.807, 2.05) is 0 Å². The normalized spacial score (nSPS) is 14.3. The zero-order chi connectivity index (χ0) is 24.7. The van der Waals surface area contributed by atoms with Gasteiger partial charge in [0.2, 0.25) is 5.91 Å². The average Bonchev–Trinajstić information content (AvgIpc) is 2.83. The number of nitrogens with two attached hydrogens (primary N) is 1. The van der Waals surface area contributed by atoms with Crippen LogP contribution in [0.5, 0.6) is 5.75 Å². The number of nitrogen functional groups attached to an aromatic ring is 1. The van der Waals surface area contributed by atoms with Gasteiger partial charge in [-0.3, -0.25) is 15.0 Å². The number of ether oxygens (including phenoxy) is 1. The molecule has 0 radical (unpaired) electrons. The number of esters is 1. The van der Waals surface area contributed by atoms with Gasteiger partial charge in [-0.25, -0.2) is 4.79 Å². The largest absolute Gasteiger partial charge is 0.480 e. The highest BCUT2D eigenvalue weighted by Gasteiger charge is 2.27. The summed E-state index contributed by atoms with van der Waals surface area (Å²) < 4.78 is 5.35. The summed E-state index contributed by atoms with van der Waals surface area (Å²) in [6.45, 7) is 1.36. The zero-order valence-corrected chi connectivity index (χ0v) is 19.1. The third-order valence-electron chi connectivity index (χ3n) is 5.82. The zero-order valence-electron chi connectivity index (χ0n) is 19.1. The molecule has 0 aliphatic heterocycles. The number of benzene rings is 2. The van der Waals surface area contributed by atoms with E-state index in [2.05, 4.69) is 0 Å². The molecule has 8 nitrogen and oxygen atoms in total. The number of carbonyl (C=O) groups excluding carboxylic acids is 2. The van der Waals surface area contributed by atoms with Crippen LogP contribution in [0.1, 0.15) is 60.5 Å². The van der Waals surface area contributed by atoms with E-state index >= 15 is 0 Å².